The molecule has 0 radical (unpaired) electrons. The Morgan fingerprint density at radius 1 is 1.16 bits per heavy atom. The molecule has 0 aromatic carbocycles. The smallest absolute Gasteiger partial charge is 0.305 e. The standard InChI is InChI=1S/C16H30O3/c1-3-4-11-15(14-17)12-9-7-5-6-8-10-13-16(18)19-2/h4,11,15,17H,3,5-10,12-14H2,1-2H3/b11-4+. The number of esters is 1. The van der Waals surface area contributed by atoms with Crippen LogP contribution in [0.5, 0.6) is 0 Å². The molecule has 0 saturated heterocycles. The zero-order valence-corrected chi connectivity index (χ0v) is 12.6. The zero-order chi connectivity index (χ0) is 14.3. The minimum atomic E-state index is -0.103. The topological polar surface area (TPSA) is 46.5 Å². The lowest BCUT2D eigenvalue weighted by molar-refractivity contribution is -0.140. The summed E-state index contributed by atoms with van der Waals surface area (Å²) in [7, 11) is 1.44. The second-order valence-corrected chi connectivity index (χ2v) is 5.02. The zero-order valence-electron chi connectivity index (χ0n) is 12.6. The lowest BCUT2D eigenvalue weighted by Crippen LogP contribution is -2.02. The molecule has 0 aliphatic heterocycles. The third-order valence-electron chi connectivity index (χ3n) is 3.31. The summed E-state index contributed by atoms with van der Waals surface area (Å²) >= 11 is 0. The molecule has 0 amide bonds. The van der Waals surface area contributed by atoms with Gasteiger partial charge in [0.05, 0.1) is 7.11 Å². The van der Waals surface area contributed by atoms with Crippen molar-refractivity contribution in [3.63, 3.8) is 0 Å². The van der Waals surface area contributed by atoms with Crippen LogP contribution in [-0.2, 0) is 9.53 Å². The number of unbranched alkanes of at least 4 members (excludes halogenated alkanes) is 5. The van der Waals surface area contributed by atoms with Crippen molar-refractivity contribution in [1.82, 2.24) is 0 Å². The van der Waals surface area contributed by atoms with Gasteiger partial charge >= 0.3 is 5.97 Å². The second kappa shape index (κ2) is 13.6. The first kappa shape index (κ1) is 18.2. The van der Waals surface area contributed by atoms with Crippen molar-refractivity contribution >= 4 is 5.97 Å². The largest absolute Gasteiger partial charge is 0.469 e. The van der Waals surface area contributed by atoms with Gasteiger partial charge in [-0.1, -0.05) is 51.2 Å². The third kappa shape index (κ3) is 12.0. The highest BCUT2D eigenvalue weighted by atomic mass is 16.5. The van der Waals surface area contributed by atoms with Gasteiger partial charge in [0, 0.05) is 13.0 Å². The highest BCUT2D eigenvalue weighted by molar-refractivity contribution is 5.68. The highest BCUT2D eigenvalue weighted by Gasteiger charge is 2.02. The summed E-state index contributed by atoms with van der Waals surface area (Å²) in [5.41, 5.74) is 0. The summed E-state index contributed by atoms with van der Waals surface area (Å²) < 4.78 is 4.60. The quantitative estimate of drug-likeness (QED) is 0.333. The van der Waals surface area contributed by atoms with E-state index in [4.69, 9.17) is 0 Å². The summed E-state index contributed by atoms with van der Waals surface area (Å²) in [4.78, 5) is 10.9. The molecular formula is C16H30O3. The van der Waals surface area contributed by atoms with Gasteiger partial charge in [-0.3, -0.25) is 4.79 Å². The fourth-order valence-corrected chi connectivity index (χ4v) is 2.06. The van der Waals surface area contributed by atoms with Crippen LogP contribution in [0.15, 0.2) is 12.2 Å². The molecule has 0 aromatic rings. The number of aliphatic hydroxyl groups excluding tert-OH is 1. The Morgan fingerprint density at radius 2 is 1.79 bits per heavy atom. The monoisotopic (exact) mass is 270 g/mol. The van der Waals surface area contributed by atoms with E-state index >= 15 is 0 Å². The summed E-state index contributed by atoms with van der Waals surface area (Å²) in [6.07, 6.45) is 13.8. The Morgan fingerprint density at radius 3 is 2.37 bits per heavy atom. The molecule has 0 bridgehead atoms. The summed E-state index contributed by atoms with van der Waals surface area (Å²) in [6, 6.07) is 0. The predicted octanol–water partition coefficient (Wildman–Crippen LogP) is 3.85. The van der Waals surface area contributed by atoms with E-state index in [0.29, 0.717) is 12.3 Å². The number of rotatable bonds is 12. The van der Waals surface area contributed by atoms with E-state index in [0.717, 1.165) is 25.7 Å². The predicted molar refractivity (Wildman–Crippen MR) is 79.0 cm³/mol. The van der Waals surface area contributed by atoms with Crippen LogP contribution < -0.4 is 0 Å². The van der Waals surface area contributed by atoms with Crippen LogP contribution >= 0.6 is 0 Å². The second-order valence-electron chi connectivity index (χ2n) is 5.02. The number of aliphatic hydroxyl groups is 1. The van der Waals surface area contributed by atoms with Crippen LogP contribution in [0.2, 0.25) is 0 Å². The van der Waals surface area contributed by atoms with E-state index in [1.165, 1.54) is 32.8 Å². The highest BCUT2D eigenvalue weighted by Crippen LogP contribution is 2.14. The van der Waals surface area contributed by atoms with Crippen LogP contribution in [0.4, 0.5) is 0 Å². The number of methoxy groups -OCH3 is 1. The summed E-state index contributed by atoms with van der Waals surface area (Å²) in [5, 5.41) is 9.21. The van der Waals surface area contributed by atoms with Gasteiger partial charge in [-0.25, -0.2) is 0 Å². The molecule has 3 heteroatoms. The Kier molecular flexibility index (Phi) is 13.0. The molecule has 1 N–H and O–H groups in total. The summed E-state index contributed by atoms with van der Waals surface area (Å²) in [5.74, 6) is 0.229. The number of carbonyl (C=O) groups excluding carboxylic acids is 1. The van der Waals surface area contributed by atoms with Gasteiger partial charge in [0.15, 0.2) is 0 Å². The molecule has 0 rings (SSSR count). The Hall–Kier alpha value is -0.830. The third-order valence-corrected chi connectivity index (χ3v) is 3.31. The van der Waals surface area contributed by atoms with Crippen molar-refractivity contribution in [3.05, 3.63) is 12.2 Å². The minimum Gasteiger partial charge on any atom is -0.469 e. The van der Waals surface area contributed by atoms with Crippen LogP contribution in [-0.4, -0.2) is 24.8 Å². The van der Waals surface area contributed by atoms with Gasteiger partial charge in [-0.15, -0.1) is 0 Å². The lowest BCUT2D eigenvalue weighted by Gasteiger charge is -2.08. The SMILES string of the molecule is CC/C=C/C(CO)CCCCCCCCC(=O)OC. The van der Waals surface area contributed by atoms with Crippen LogP contribution in [0.25, 0.3) is 0 Å². The first-order valence-electron chi connectivity index (χ1n) is 7.58. The number of allylic oxidation sites excluding steroid dienone is 1. The fraction of sp³-hybridized carbons (Fsp3) is 0.812. The van der Waals surface area contributed by atoms with Crippen molar-refractivity contribution in [1.29, 1.82) is 0 Å². The molecule has 0 heterocycles. The molecule has 0 aromatic heterocycles. The van der Waals surface area contributed by atoms with Crippen molar-refractivity contribution in [2.75, 3.05) is 13.7 Å². The molecule has 0 saturated carbocycles. The van der Waals surface area contributed by atoms with E-state index in [1.807, 2.05) is 0 Å². The molecule has 0 fully saturated rings. The summed E-state index contributed by atoms with van der Waals surface area (Å²) in [6.45, 7) is 2.37. The minimum absolute atomic E-state index is 0.103. The van der Waals surface area contributed by atoms with Gasteiger partial charge in [-0.2, -0.15) is 0 Å². The van der Waals surface area contributed by atoms with E-state index < -0.39 is 0 Å². The molecule has 1 unspecified atom stereocenters. The average Bonchev–Trinajstić information content (AvgIpc) is 2.44. The van der Waals surface area contributed by atoms with Gasteiger partial charge in [-0.05, 0) is 25.2 Å². The number of ether oxygens (including phenoxy) is 1. The van der Waals surface area contributed by atoms with Crippen LogP contribution in [0.1, 0.15) is 64.7 Å². The Bertz CT molecular complexity index is 236. The number of hydrogen-bond acceptors (Lipinski definition) is 3. The van der Waals surface area contributed by atoms with Gasteiger partial charge in [0.1, 0.15) is 0 Å². The van der Waals surface area contributed by atoms with Crippen molar-refractivity contribution in [2.45, 2.75) is 64.7 Å². The van der Waals surface area contributed by atoms with E-state index in [1.54, 1.807) is 0 Å². The van der Waals surface area contributed by atoms with Crippen LogP contribution in [0, 0.1) is 5.92 Å². The van der Waals surface area contributed by atoms with Gasteiger partial charge in [0.2, 0.25) is 0 Å². The molecule has 0 spiro atoms. The van der Waals surface area contributed by atoms with Crippen molar-refractivity contribution in [2.24, 2.45) is 5.92 Å². The molecule has 3 nitrogen and oxygen atoms in total. The van der Waals surface area contributed by atoms with Crippen LogP contribution in [0.3, 0.4) is 0 Å². The number of carbonyl (C=O) groups is 1. The first-order chi connectivity index (χ1) is 9.24. The van der Waals surface area contributed by atoms with Gasteiger partial charge in [0.25, 0.3) is 0 Å². The van der Waals surface area contributed by atoms with E-state index in [9.17, 15) is 9.90 Å². The molecule has 0 aliphatic carbocycles. The Balaban J connectivity index is 3.34. The van der Waals surface area contributed by atoms with Crippen molar-refractivity contribution in [3.8, 4) is 0 Å². The first-order valence-corrected chi connectivity index (χ1v) is 7.58. The maximum atomic E-state index is 10.9. The molecule has 112 valence electrons. The maximum absolute atomic E-state index is 10.9. The Labute approximate surface area is 118 Å². The van der Waals surface area contributed by atoms with E-state index in [-0.39, 0.29) is 12.6 Å². The number of hydrogen-bond donors (Lipinski definition) is 1. The molecule has 1 atom stereocenters. The molecule has 0 aliphatic rings. The molecular weight excluding hydrogens is 240 g/mol. The average molecular weight is 270 g/mol. The van der Waals surface area contributed by atoms with Crippen molar-refractivity contribution < 1.29 is 14.6 Å². The fourth-order valence-electron chi connectivity index (χ4n) is 2.06. The molecule has 19 heavy (non-hydrogen) atoms. The maximum Gasteiger partial charge on any atom is 0.305 e. The normalized spacial score (nSPS) is 12.8. The van der Waals surface area contributed by atoms with E-state index in [2.05, 4.69) is 23.8 Å². The lowest BCUT2D eigenvalue weighted by atomic mass is 10.00. The van der Waals surface area contributed by atoms with Gasteiger partial charge < -0.3 is 9.84 Å².